The molecule has 122 valence electrons. The number of nitrogens with zero attached hydrogens (tertiary/aromatic N) is 1. The van der Waals surface area contributed by atoms with Crippen LogP contribution in [0.5, 0.6) is 0 Å². The molecular weight excluding hydrogens is 328 g/mol. The van der Waals surface area contributed by atoms with Gasteiger partial charge in [-0.15, -0.1) is 11.3 Å². The smallest absolute Gasteiger partial charge is 0.408 e. The highest BCUT2D eigenvalue weighted by Gasteiger charge is 2.23. The molecule has 0 aliphatic heterocycles. The Bertz CT molecular complexity index is 667. The van der Waals surface area contributed by atoms with Crippen LogP contribution in [0.4, 0.5) is 4.79 Å². The predicted molar refractivity (Wildman–Crippen MR) is 81.9 cm³/mol. The molecule has 0 saturated heterocycles. The van der Waals surface area contributed by atoms with E-state index < -0.39 is 27.9 Å². The average Bonchev–Trinajstić information content (AvgIpc) is 2.79. The lowest BCUT2D eigenvalue weighted by atomic mass is 10.2. The summed E-state index contributed by atoms with van der Waals surface area (Å²) < 4.78 is 32.1. The number of amides is 1. The van der Waals surface area contributed by atoms with Gasteiger partial charge in [0, 0.05) is 10.3 Å². The third-order valence-corrected chi connectivity index (χ3v) is 3.84. The minimum absolute atomic E-state index is 0.274. The van der Waals surface area contributed by atoms with Crippen LogP contribution in [0.15, 0.2) is 11.4 Å². The Balaban J connectivity index is 2.87. The zero-order valence-corrected chi connectivity index (χ0v) is 14.4. The summed E-state index contributed by atoms with van der Waals surface area (Å²) in [7, 11) is -3.65. The Morgan fingerprint density at radius 3 is 2.59 bits per heavy atom. The summed E-state index contributed by atoms with van der Waals surface area (Å²) in [6.07, 6.45) is 0.230. The van der Waals surface area contributed by atoms with Crippen molar-refractivity contribution in [3.63, 3.8) is 0 Å². The lowest BCUT2D eigenvalue weighted by Gasteiger charge is -2.23. The van der Waals surface area contributed by atoms with Gasteiger partial charge in [-0.3, -0.25) is 4.18 Å². The summed E-state index contributed by atoms with van der Waals surface area (Å²) in [6.45, 7) is 4.87. The van der Waals surface area contributed by atoms with Gasteiger partial charge in [-0.2, -0.15) is 13.7 Å². The maximum atomic E-state index is 11.8. The summed E-state index contributed by atoms with van der Waals surface area (Å²) in [6, 6.07) is 2.82. The fourth-order valence-electron chi connectivity index (χ4n) is 1.43. The van der Waals surface area contributed by atoms with E-state index in [-0.39, 0.29) is 6.61 Å². The molecule has 1 atom stereocenters. The second kappa shape index (κ2) is 7.09. The fraction of sp³-hybridized carbons (Fsp3) is 0.538. The van der Waals surface area contributed by atoms with Gasteiger partial charge in [-0.1, -0.05) is 0 Å². The topological polar surface area (TPSA) is 105 Å². The van der Waals surface area contributed by atoms with Gasteiger partial charge in [0.15, 0.2) is 0 Å². The first kappa shape index (κ1) is 18.4. The van der Waals surface area contributed by atoms with Crippen molar-refractivity contribution < 1.29 is 22.1 Å². The van der Waals surface area contributed by atoms with Crippen LogP contribution in [-0.2, 0) is 19.0 Å². The van der Waals surface area contributed by atoms with Crippen LogP contribution in [0.1, 0.15) is 37.3 Å². The summed E-state index contributed by atoms with van der Waals surface area (Å²) in [5.41, 5.74) is -0.255. The van der Waals surface area contributed by atoms with E-state index in [1.54, 1.807) is 32.2 Å². The van der Waals surface area contributed by atoms with Crippen molar-refractivity contribution in [2.75, 3.05) is 12.9 Å². The molecule has 1 rings (SSSR count). The second-order valence-electron chi connectivity index (χ2n) is 5.54. The van der Waals surface area contributed by atoms with E-state index in [0.717, 1.165) is 6.26 Å². The van der Waals surface area contributed by atoms with Crippen molar-refractivity contribution in [1.29, 1.82) is 5.26 Å². The third-order valence-electron chi connectivity index (χ3n) is 2.23. The zero-order valence-electron chi connectivity index (χ0n) is 12.7. The van der Waals surface area contributed by atoms with E-state index in [2.05, 4.69) is 5.32 Å². The van der Waals surface area contributed by atoms with E-state index in [4.69, 9.17) is 14.2 Å². The second-order valence-corrected chi connectivity index (χ2v) is 8.12. The summed E-state index contributed by atoms with van der Waals surface area (Å²) >= 11 is 1.23. The van der Waals surface area contributed by atoms with Crippen LogP contribution >= 0.6 is 11.3 Å². The van der Waals surface area contributed by atoms with Crippen LogP contribution in [-0.4, -0.2) is 33.0 Å². The standard InChI is InChI=1S/C13H18N2O5S2/c1-13(2,3)20-12(16)15-10(7-19-22(4,17)18)11-5-9(6-14)8-21-11/h5,8,10H,7H2,1-4H3,(H,15,16). The normalized spacial score (nSPS) is 13.2. The van der Waals surface area contributed by atoms with Crippen molar-refractivity contribution in [2.24, 2.45) is 0 Å². The minimum atomic E-state index is -3.65. The lowest BCUT2D eigenvalue weighted by molar-refractivity contribution is 0.0488. The van der Waals surface area contributed by atoms with Gasteiger partial charge in [0.25, 0.3) is 10.1 Å². The monoisotopic (exact) mass is 346 g/mol. The largest absolute Gasteiger partial charge is 0.444 e. The molecule has 1 aromatic rings. The molecule has 0 aliphatic rings. The highest BCUT2D eigenvalue weighted by atomic mass is 32.2. The van der Waals surface area contributed by atoms with Gasteiger partial charge in [0.05, 0.1) is 24.5 Å². The Morgan fingerprint density at radius 1 is 1.50 bits per heavy atom. The molecule has 1 unspecified atom stereocenters. The highest BCUT2D eigenvalue weighted by molar-refractivity contribution is 7.85. The first-order valence-corrected chi connectivity index (χ1v) is 9.02. The number of nitriles is 1. The van der Waals surface area contributed by atoms with Crippen LogP contribution in [0.3, 0.4) is 0 Å². The molecule has 0 aliphatic carbocycles. The number of rotatable bonds is 5. The molecule has 7 nitrogen and oxygen atoms in total. The van der Waals surface area contributed by atoms with Gasteiger partial charge in [0.2, 0.25) is 0 Å². The van der Waals surface area contributed by atoms with E-state index >= 15 is 0 Å². The van der Waals surface area contributed by atoms with Gasteiger partial charge in [0.1, 0.15) is 11.7 Å². The summed E-state index contributed by atoms with van der Waals surface area (Å²) in [5.74, 6) is 0. The molecule has 1 heterocycles. The van der Waals surface area contributed by atoms with Crippen molar-refractivity contribution in [2.45, 2.75) is 32.4 Å². The number of thiophene rings is 1. The minimum Gasteiger partial charge on any atom is -0.444 e. The molecule has 0 aromatic carbocycles. The highest BCUT2D eigenvalue weighted by Crippen LogP contribution is 2.23. The van der Waals surface area contributed by atoms with Crippen molar-refractivity contribution in [3.8, 4) is 6.07 Å². The van der Waals surface area contributed by atoms with Gasteiger partial charge < -0.3 is 10.1 Å². The van der Waals surface area contributed by atoms with Crippen molar-refractivity contribution in [3.05, 3.63) is 21.9 Å². The SMILES string of the molecule is CC(C)(C)OC(=O)NC(COS(C)(=O)=O)c1cc(C#N)cs1. The average molecular weight is 346 g/mol. The molecule has 1 N–H and O–H groups in total. The van der Waals surface area contributed by atoms with Gasteiger partial charge in [-0.05, 0) is 26.8 Å². The fourth-order valence-corrected chi connectivity index (χ4v) is 2.68. The number of alkyl carbamates (subject to hydrolysis) is 1. The van der Waals surface area contributed by atoms with Crippen LogP contribution in [0, 0.1) is 11.3 Å². The molecule has 0 radical (unpaired) electrons. The molecular formula is C13H18N2O5S2. The Morgan fingerprint density at radius 2 is 2.14 bits per heavy atom. The predicted octanol–water partition coefficient (Wildman–Crippen LogP) is 2.16. The first-order chi connectivity index (χ1) is 10.00. The lowest BCUT2D eigenvalue weighted by Crippen LogP contribution is -2.36. The molecule has 0 spiro atoms. The zero-order chi connectivity index (χ0) is 17.0. The molecule has 0 saturated carbocycles. The Hall–Kier alpha value is -1.63. The van der Waals surface area contributed by atoms with Crippen LogP contribution < -0.4 is 5.32 Å². The molecule has 1 amide bonds. The molecule has 0 fully saturated rings. The van der Waals surface area contributed by atoms with Gasteiger partial charge >= 0.3 is 6.09 Å². The Labute approximate surface area is 134 Å². The number of nitrogens with one attached hydrogen (secondary N) is 1. The van der Waals surface area contributed by atoms with Gasteiger partial charge in [-0.25, -0.2) is 4.79 Å². The summed E-state index contributed by atoms with van der Waals surface area (Å²) in [5, 5.41) is 13.0. The molecule has 22 heavy (non-hydrogen) atoms. The van der Waals surface area contributed by atoms with Crippen molar-refractivity contribution in [1.82, 2.24) is 5.32 Å². The maximum Gasteiger partial charge on any atom is 0.408 e. The summed E-state index contributed by atoms with van der Waals surface area (Å²) in [4.78, 5) is 12.4. The molecule has 0 bridgehead atoms. The van der Waals surface area contributed by atoms with E-state index in [0.29, 0.717) is 10.4 Å². The van der Waals surface area contributed by atoms with E-state index in [1.165, 1.54) is 11.3 Å². The third kappa shape index (κ3) is 6.89. The Kier molecular flexibility index (Phi) is 5.93. The first-order valence-electron chi connectivity index (χ1n) is 6.32. The number of ether oxygens (including phenoxy) is 1. The number of hydrogen-bond donors (Lipinski definition) is 1. The van der Waals surface area contributed by atoms with Crippen LogP contribution in [0.2, 0.25) is 0 Å². The molecule has 9 heteroatoms. The van der Waals surface area contributed by atoms with E-state index in [9.17, 15) is 13.2 Å². The van der Waals surface area contributed by atoms with Crippen molar-refractivity contribution >= 4 is 27.5 Å². The molecule has 1 aromatic heterocycles. The van der Waals surface area contributed by atoms with Crippen LogP contribution in [0.25, 0.3) is 0 Å². The quantitative estimate of drug-likeness (QED) is 0.819. The number of carbonyl (C=O) groups excluding carboxylic acids is 1. The maximum absolute atomic E-state index is 11.8. The number of hydrogen-bond acceptors (Lipinski definition) is 7. The number of carbonyl (C=O) groups is 1. The van der Waals surface area contributed by atoms with E-state index in [1.807, 2.05) is 6.07 Å².